The Kier molecular flexibility index (Phi) is 5.59. The molecule has 1 unspecified atom stereocenters. The molecule has 1 atom stereocenters. The predicted octanol–water partition coefficient (Wildman–Crippen LogP) is 1.05. The molecular weight excluding hydrogens is 266 g/mol. The molecule has 0 bridgehead atoms. The number of anilines is 1. The lowest BCUT2D eigenvalue weighted by atomic mass is 9.99. The number of carbonyl (C=O) groups is 1. The summed E-state index contributed by atoms with van der Waals surface area (Å²) in [4.78, 5) is 14.2. The summed E-state index contributed by atoms with van der Waals surface area (Å²) in [6, 6.07) is 6.32. The van der Waals surface area contributed by atoms with Crippen molar-refractivity contribution >= 4 is 11.6 Å². The maximum atomic E-state index is 12.1. The number of nitrogens with zero attached hydrogens (tertiary/aromatic N) is 1. The fourth-order valence-corrected chi connectivity index (χ4v) is 2.81. The number of hydrogen-bond acceptors (Lipinski definition) is 4. The zero-order chi connectivity index (χ0) is 15.2. The van der Waals surface area contributed by atoms with Gasteiger partial charge in [0.05, 0.1) is 13.2 Å². The summed E-state index contributed by atoms with van der Waals surface area (Å²) in [5.41, 5.74) is 9.29. The van der Waals surface area contributed by atoms with Crippen molar-refractivity contribution in [3.05, 3.63) is 29.3 Å². The smallest absolute Gasteiger partial charge is 0.239 e. The van der Waals surface area contributed by atoms with E-state index < -0.39 is 0 Å². The number of amides is 1. The number of rotatable bonds is 6. The Bertz CT molecular complexity index is 490. The summed E-state index contributed by atoms with van der Waals surface area (Å²) in [5, 5.41) is 2.96. The van der Waals surface area contributed by atoms with Crippen LogP contribution >= 0.6 is 0 Å². The van der Waals surface area contributed by atoms with E-state index in [-0.39, 0.29) is 11.9 Å². The summed E-state index contributed by atoms with van der Waals surface area (Å²) >= 11 is 0. The van der Waals surface area contributed by atoms with Crippen LogP contribution in [0.15, 0.2) is 18.2 Å². The summed E-state index contributed by atoms with van der Waals surface area (Å²) in [5.74, 6) is 0.0373. The Morgan fingerprint density at radius 3 is 3.05 bits per heavy atom. The van der Waals surface area contributed by atoms with E-state index in [1.54, 1.807) is 7.11 Å². The molecule has 1 aromatic carbocycles. The summed E-state index contributed by atoms with van der Waals surface area (Å²) < 4.78 is 5.04. The van der Waals surface area contributed by atoms with Crippen LogP contribution in [0.3, 0.4) is 0 Å². The molecule has 1 aliphatic rings. The molecule has 0 aliphatic carbocycles. The van der Waals surface area contributed by atoms with Crippen molar-refractivity contribution in [3.63, 3.8) is 0 Å². The monoisotopic (exact) mass is 291 g/mol. The molecule has 0 saturated heterocycles. The van der Waals surface area contributed by atoms with Crippen LogP contribution in [0, 0.1) is 0 Å². The van der Waals surface area contributed by atoms with Crippen LogP contribution in [0.4, 0.5) is 5.69 Å². The van der Waals surface area contributed by atoms with Crippen LogP contribution in [0.1, 0.15) is 24.5 Å². The van der Waals surface area contributed by atoms with Crippen molar-refractivity contribution < 1.29 is 9.53 Å². The number of fused-ring (bicyclic) bond motifs is 1. The second kappa shape index (κ2) is 7.43. The van der Waals surface area contributed by atoms with Gasteiger partial charge in [-0.15, -0.1) is 0 Å². The minimum atomic E-state index is 0.0337. The zero-order valence-corrected chi connectivity index (χ0v) is 12.9. The van der Waals surface area contributed by atoms with Gasteiger partial charge in [0.2, 0.25) is 5.91 Å². The van der Waals surface area contributed by atoms with Gasteiger partial charge in [-0.1, -0.05) is 12.1 Å². The predicted molar refractivity (Wildman–Crippen MR) is 84.3 cm³/mol. The second-order valence-corrected chi connectivity index (χ2v) is 5.62. The lowest BCUT2D eigenvalue weighted by Gasteiger charge is -2.31. The maximum absolute atomic E-state index is 12.1. The van der Waals surface area contributed by atoms with E-state index in [9.17, 15) is 4.79 Å². The molecule has 0 saturated carbocycles. The first-order valence-electron chi connectivity index (χ1n) is 7.49. The quantitative estimate of drug-likeness (QED) is 0.822. The van der Waals surface area contributed by atoms with Crippen molar-refractivity contribution in [2.24, 2.45) is 5.73 Å². The fourth-order valence-electron chi connectivity index (χ4n) is 2.81. The molecule has 1 aromatic rings. The van der Waals surface area contributed by atoms with E-state index >= 15 is 0 Å². The van der Waals surface area contributed by atoms with E-state index in [1.807, 2.05) is 13.0 Å². The molecule has 0 fully saturated rings. The molecule has 5 heteroatoms. The van der Waals surface area contributed by atoms with E-state index in [4.69, 9.17) is 10.5 Å². The molecule has 116 valence electrons. The van der Waals surface area contributed by atoms with Crippen LogP contribution in [0.2, 0.25) is 0 Å². The SMILES string of the molecule is COCC(C)NC(=O)CN1CCCc2cc(CN)ccc21. The number of nitrogens with one attached hydrogen (secondary N) is 1. The van der Waals surface area contributed by atoms with E-state index in [0.717, 1.165) is 30.6 Å². The zero-order valence-electron chi connectivity index (χ0n) is 12.9. The molecule has 2 rings (SSSR count). The van der Waals surface area contributed by atoms with Crippen LogP contribution in [-0.4, -0.2) is 38.8 Å². The number of benzene rings is 1. The van der Waals surface area contributed by atoms with Crippen molar-refractivity contribution in [1.29, 1.82) is 0 Å². The van der Waals surface area contributed by atoms with Crippen LogP contribution in [0.5, 0.6) is 0 Å². The van der Waals surface area contributed by atoms with Crippen LogP contribution < -0.4 is 16.0 Å². The minimum Gasteiger partial charge on any atom is -0.383 e. The van der Waals surface area contributed by atoms with Crippen molar-refractivity contribution in [2.75, 3.05) is 31.7 Å². The number of hydrogen-bond donors (Lipinski definition) is 2. The summed E-state index contributed by atoms with van der Waals surface area (Å²) in [7, 11) is 1.64. The largest absolute Gasteiger partial charge is 0.383 e. The summed E-state index contributed by atoms with van der Waals surface area (Å²) in [6.07, 6.45) is 2.13. The first-order valence-corrected chi connectivity index (χ1v) is 7.49. The van der Waals surface area contributed by atoms with Gasteiger partial charge in [0, 0.05) is 31.9 Å². The molecule has 1 heterocycles. The average Bonchev–Trinajstić information content (AvgIpc) is 2.47. The highest BCUT2D eigenvalue weighted by molar-refractivity contribution is 5.82. The Labute approximate surface area is 126 Å². The van der Waals surface area contributed by atoms with Gasteiger partial charge in [-0.05, 0) is 37.0 Å². The third-order valence-electron chi connectivity index (χ3n) is 3.75. The Morgan fingerprint density at radius 2 is 2.33 bits per heavy atom. The minimum absolute atomic E-state index is 0.0337. The standard InChI is InChI=1S/C16H25N3O2/c1-12(11-21-2)18-16(20)10-19-7-3-4-14-8-13(9-17)5-6-15(14)19/h5-6,8,12H,3-4,7,9-11,17H2,1-2H3,(H,18,20). The number of methoxy groups -OCH3 is 1. The van der Waals surface area contributed by atoms with Gasteiger partial charge in [-0.2, -0.15) is 0 Å². The Hall–Kier alpha value is -1.59. The molecule has 5 nitrogen and oxygen atoms in total. The highest BCUT2D eigenvalue weighted by atomic mass is 16.5. The first kappa shape index (κ1) is 15.8. The van der Waals surface area contributed by atoms with E-state index in [1.165, 1.54) is 5.56 Å². The van der Waals surface area contributed by atoms with Gasteiger partial charge >= 0.3 is 0 Å². The van der Waals surface area contributed by atoms with Crippen LogP contribution in [-0.2, 0) is 22.5 Å². The van der Waals surface area contributed by atoms with Gasteiger partial charge in [0.1, 0.15) is 0 Å². The molecule has 1 amide bonds. The molecule has 0 spiro atoms. The third kappa shape index (κ3) is 4.19. The molecular formula is C16H25N3O2. The number of carbonyl (C=O) groups excluding carboxylic acids is 1. The fraction of sp³-hybridized carbons (Fsp3) is 0.562. The number of ether oxygens (including phenoxy) is 1. The average molecular weight is 291 g/mol. The Morgan fingerprint density at radius 1 is 1.52 bits per heavy atom. The topological polar surface area (TPSA) is 67.6 Å². The molecule has 3 N–H and O–H groups in total. The van der Waals surface area contributed by atoms with Gasteiger partial charge in [0.25, 0.3) is 0 Å². The molecule has 1 aliphatic heterocycles. The van der Waals surface area contributed by atoms with Gasteiger partial charge < -0.3 is 20.7 Å². The number of aryl methyl sites for hydroxylation is 1. The third-order valence-corrected chi connectivity index (χ3v) is 3.75. The van der Waals surface area contributed by atoms with Crippen molar-refractivity contribution in [2.45, 2.75) is 32.4 Å². The van der Waals surface area contributed by atoms with E-state index in [2.05, 4.69) is 22.3 Å². The highest BCUT2D eigenvalue weighted by Gasteiger charge is 2.19. The van der Waals surface area contributed by atoms with Gasteiger partial charge in [-0.3, -0.25) is 4.79 Å². The molecule has 0 radical (unpaired) electrons. The molecule has 21 heavy (non-hydrogen) atoms. The van der Waals surface area contributed by atoms with Gasteiger partial charge in [0.15, 0.2) is 0 Å². The van der Waals surface area contributed by atoms with E-state index in [0.29, 0.717) is 19.7 Å². The van der Waals surface area contributed by atoms with Crippen molar-refractivity contribution in [3.8, 4) is 0 Å². The lowest BCUT2D eigenvalue weighted by Crippen LogP contribution is -2.44. The first-order chi connectivity index (χ1) is 10.1. The summed E-state index contributed by atoms with van der Waals surface area (Å²) in [6.45, 7) is 4.34. The lowest BCUT2D eigenvalue weighted by molar-refractivity contribution is -0.120. The van der Waals surface area contributed by atoms with Gasteiger partial charge in [-0.25, -0.2) is 0 Å². The second-order valence-electron chi connectivity index (χ2n) is 5.62. The Balaban J connectivity index is 2.01. The molecule has 0 aromatic heterocycles. The normalized spacial score (nSPS) is 15.5. The number of nitrogens with two attached hydrogens (primary N) is 1. The maximum Gasteiger partial charge on any atom is 0.239 e. The highest BCUT2D eigenvalue weighted by Crippen LogP contribution is 2.27. The van der Waals surface area contributed by atoms with Crippen LogP contribution in [0.25, 0.3) is 0 Å². The van der Waals surface area contributed by atoms with Crippen molar-refractivity contribution in [1.82, 2.24) is 5.32 Å².